The molecule has 0 fully saturated rings. The molecule has 6 heteroatoms. The van der Waals surface area contributed by atoms with Gasteiger partial charge in [0.1, 0.15) is 10.8 Å². The van der Waals surface area contributed by atoms with E-state index < -0.39 is 6.43 Å². The van der Waals surface area contributed by atoms with Crippen LogP contribution in [-0.4, -0.2) is 9.97 Å². The molecule has 0 aliphatic rings. The molecule has 0 amide bonds. The zero-order chi connectivity index (χ0) is 12.7. The Morgan fingerprint density at radius 1 is 1.28 bits per heavy atom. The third-order valence-electron chi connectivity index (χ3n) is 2.63. The predicted molar refractivity (Wildman–Crippen MR) is 63.8 cm³/mol. The van der Waals surface area contributed by atoms with Gasteiger partial charge in [0.25, 0.3) is 6.43 Å². The quantitative estimate of drug-likeness (QED) is 0.699. The molecule has 0 aromatic carbocycles. The molecule has 3 heterocycles. The maximum absolute atomic E-state index is 12.7. The summed E-state index contributed by atoms with van der Waals surface area (Å²) in [5.41, 5.74) is 1.42. The summed E-state index contributed by atoms with van der Waals surface area (Å²) in [4.78, 5) is 7.02. The Morgan fingerprint density at radius 2 is 2.11 bits per heavy atom. The average molecular weight is 269 g/mol. The van der Waals surface area contributed by atoms with E-state index in [1.54, 1.807) is 18.2 Å². The second kappa shape index (κ2) is 4.10. The fraction of sp³-hybridized carbons (Fsp3) is 0.0833. The molecular weight excluding hydrogens is 262 g/mol. The molecule has 1 N–H and O–H groups in total. The molecule has 3 rings (SSSR count). The molecule has 0 aliphatic heterocycles. The van der Waals surface area contributed by atoms with Crippen LogP contribution in [0.3, 0.4) is 0 Å². The second-order valence-electron chi connectivity index (χ2n) is 3.75. The summed E-state index contributed by atoms with van der Waals surface area (Å²) in [6.07, 6.45) is -1.42. The maximum Gasteiger partial charge on any atom is 0.296 e. The number of halogens is 3. The van der Waals surface area contributed by atoms with Gasteiger partial charge in [-0.25, -0.2) is 13.8 Å². The number of hydrogen-bond donors (Lipinski definition) is 1. The second-order valence-corrected chi connectivity index (χ2v) is 4.14. The summed E-state index contributed by atoms with van der Waals surface area (Å²) in [6, 6.07) is 6.64. The van der Waals surface area contributed by atoms with Gasteiger partial charge in [0.15, 0.2) is 5.76 Å². The number of nitrogens with zero attached hydrogens (tertiary/aromatic N) is 1. The number of nitrogens with one attached hydrogen (secondary N) is 1. The summed E-state index contributed by atoms with van der Waals surface area (Å²) < 4.78 is 30.2. The molecule has 92 valence electrons. The molecule has 0 spiro atoms. The first-order valence-electron chi connectivity index (χ1n) is 5.16. The molecular formula is C12H7ClF2N2O. The molecule has 0 atom stereocenters. The lowest BCUT2D eigenvalue weighted by Crippen LogP contribution is -1.84. The van der Waals surface area contributed by atoms with E-state index in [-0.39, 0.29) is 5.76 Å². The topological polar surface area (TPSA) is 41.8 Å². The van der Waals surface area contributed by atoms with Gasteiger partial charge in [-0.1, -0.05) is 11.6 Å². The van der Waals surface area contributed by atoms with Gasteiger partial charge in [-0.15, -0.1) is 0 Å². The van der Waals surface area contributed by atoms with Crippen molar-refractivity contribution in [3.8, 4) is 11.3 Å². The van der Waals surface area contributed by atoms with Crippen LogP contribution in [0.4, 0.5) is 8.78 Å². The van der Waals surface area contributed by atoms with E-state index in [4.69, 9.17) is 16.0 Å². The molecule has 0 saturated heterocycles. The zero-order valence-electron chi connectivity index (χ0n) is 8.95. The number of aromatic amines is 1. The Labute approximate surface area is 105 Å². The normalized spacial score (nSPS) is 11.6. The van der Waals surface area contributed by atoms with E-state index in [0.29, 0.717) is 22.1 Å². The number of fused-ring (bicyclic) bond motifs is 1. The summed E-state index contributed by atoms with van der Waals surface area (Å²) in [5, 5.41) is 1.15. The lowest BCUT2D eigenvalue weighted by Gasteiger charge is -1.98. The van der Waals surface area contributed by atoms with Crippen molar-refractivity contribution in [3.05, 3.63) is 41.4 Å². The zero-order valence-corrected chi connectivity index (χ0v) is 9.71. The van der Waals surface area contributed by atoms with Crippen LogP contribution < -0.4 is 0 Å². The first kappa shape index (κ1) is 11.2. The first-order chi connectivity index (χ1) is 8.65. The van der Waals surface area contributed by atoms with E-state index >= 15 is 0 Å². The highest BCUT2D eigenvalue weighted by molar-refractivity contribution is 6.29. The summed E-state index contributed by atoms with van der Waals surface area (Å²) >= 11 is 5.76. The Hall–Kier alpha value is -1.88. The van der Waals surface area contributed by atoms with Gasteiger partial charge in [-0.05, 0) is 24.3 Å². The number of rotatable bonds is 2. The van der Waals surface area contributed by atoms with Crippen LogP contribution >= 0.6 is 11.6 Å². The molecule has 3 nitrogen and oxygen atoms in total. The van der Waals surface area contributed by atoms with Crippen LogP contribution in [0, 0.1) is 0 Å². The Bertz CT molecular complexity index is 705. The van der Waals surface area contributed by atoms with Crippen LogP contribution in [-0.2, 0) is 0 Å². The number of hydrogen-bond acceptors (Lipinski definition) is 2. The minimum Gasteiger partial charge on any atom is -0.463 e. The highest BCUT2D eigenvalue weighted by Crippen LogP contribution is 2.33. The predicted octanol–water partition coefficient (Wildman–Crippen LogP) is 4.41. The van der Waals surface area contributed by atoms with Crippen LogP contribution in [0.1, 0.15) is 12.2 Å². The number of aromatic nitrogens is 2. The van der Waals surface area contributed by atoms with Gasteiger partial charge in [0, 0.05) is 10.9 Å². The fourth-order valence-electron chi connectivity index (χ4n) is 1.84. The largest absolute Gasteiger partial charge is 0.463 e. The van der Waals surface area contributed by atoms with E-state index in [2.05, 4.69) is 9.97 Å². The summed E-state index contributed by atoms with van der Waals surface area (Å²) in [5.74, 6) is -0.354. The Kier molecular flexibility index (Phi) is 2.56. The van der Waals surface area contributed by atoms with Crippen LogP contribution in [0.15, 0.2) is 34.9 Å². The molecule has 3 aromatic heterocycles. The summed E-state index contributed by atoms with van der Waals surface area (Å²) in [6.45, 7) is 0. The monoisotopic (exact) mass is 268 g/mol. The molecule has 18 heavy (non-hydrogen) atoms. The average Bonchev–Trinajstić information content (AvgIpc) is 2.93. The highest BCUT2D eigenvalue weighted by atomic mass is 35.5. The minimum absolute atomic E-state index is 0.333. The van der Waals surface area contributed by atoms with E-state index in [9.17, 15) is 8.78 Å². The van der Waals surface area contributed by atoms with Crippen LogP contribution in [0.2, 0.25) is 5.15 Å². The number of furan rings is 1. The van der Waals surface area contributed by atoms with E-state index in [0.717, 1.165) is 5.39 Å². The van der Waals surface area contributed by atoms with Gasteiger partial charge in [-0.2, -0.15) is 0 Å². The minimum atomic E-state index is -2.65. The third-order valence-corrected chi connectivity index (χ3v) is 2.84. The van der Waals surface area contributed by atoms with Crippen LogP contribution in [0.5, 0.6) is 0 Å². The molecule has 0 bridgehead atoms. The van der Waals surface area contributed by atoms with Crippen molar-refractivity contribution < 1.29 is 13.2 Å². The molecule has 0 unspecified atom stereocenters. The van der Waals surface area contributed by atoms with Gasteiger partial charge in [-0.3, -0.25) is 0 Å². The van der Waals surface area contributed by atoms with Crippen LogP contribution in [0.25, 0.3) is 22.3 Å². The van der Waals surface area contributed by atoms with Crippen molar-refractivity contribution in [1.82, 2.24) is 9.97 Å². The van der Waals surface area contributed by atoms with E-state index in [1.807, 2.05) is 0 Å². The number of pyridine rings is 1. The van der Waals surface area contributed by atoms with Gasteiger partial charge in [0.05, 0.1) is 12.0 Å². The van der Waals surface area contributed by atoms with Crippen molar-refractivity contribution in [2.24, 2.45) is 0 Å². The Morgan fingerprint density at radius 3 is 2.89 bits per heavy atom. The van der Waals surface area contributed by atoms with E-state index in [1.165, 1.54) is 12.3 Å². The lowest BCUT2D eigenvalue weighted by atomic mass is 10.2. The van der Waals surface area contributed by atoms with Gasteiger partial charge < -0.3 is 9.40 Å². The third kappa shape index (κ3) is 1.76. The first-order valence-corrected chi connectivity index (χ1v) is 5.54. The van der Waals surface area contributed by atoms with Crippen molar-refractivity contribution in [3.63, 3.8) is 0 Å². The maximum atomic E-state index is 12.7. The molecule has 0 saturated carbocycles. The number of alkyl halides is 2. The molecule has 0 aliphatic carbocycles. The summed E-state index contributed by atoms with van der Waals surface area (Å²) in [7, 11) is 0. The standard InChI is InChI=1S/C12H7ClF2N2O/c13-9-2-1-6-5-8(16-12(6)17-9)7-3-4-18-10(7)11(14)15/h1-5,11H,(H,16,17). The fourth-order valence-corrected chi connectivity index (χ4v) is 1.99. The van der Waals surface area contributed by atoms with Crippen molar-refractivity contribution in [2.45, 2.75) is 6.43 Å². The highest BCUT2D eigenvalue weighted by Gasteiger charge is 2.19. The SMILES string of the molecule is FC(F)c1occc1-c1cc2ccc(Cl)nc2[nH]1. The smallest absolute Gasteiger partial charge is 0.296 e. The molecule has 3 aromatic rings. The van der Waals surface area contributed by atoms with Gasteiger partial charge in [0.2, 0.25) is 0 Å². The van der Waals surface area contributed by atoms with Crippen molar-refractivity contribution >= 4 is 22.6 Å². The van der Waals surface area contributed by atoms with Crippen molar-refractivity contribution in [2.75, 3.05) is 0 Å². The Balaban J connectivity index is 2.16. The molecule has 0 radical (unpaired) electrons. The van der Waals surface area contributed by atoms with Crippen molar-refractivity contribution in [1.29, 1.82) is 0 Å². The lowest BCUT2D eigenvalue weighted by molar-refractivity contribution is 0.122. The van der Waals surface area contributed by atoms with Gasteiger partial charge >= 0.3 is 0 Å². The number of H-pyrrole nitrogens is 1.